The molecule has 7 heteroatoms. The monoisotopic (exact) mass is 342 g/mol. The number of methoxy groups -OCH3 is 1. The molecule has 0 aromatic heterocycles. The molecule has 1 aromatic carbocycles. The Morgan fingerprint density at radius 2 is 1.71 bits per heavy atom. The van der Waals surface area contributed by atoms with E-state index < -0.39 is 35.7 Å². The van der Waals surface area contributed by atoms with E-state index in [1.807, 2.05) is 0 Å². The van der Waals surface area contributed by atoms with Crippen LogP contribution in [0.3, 0.4) is 0 Å². The maximum Gasteiger partial charge on any atom is 0.525 e. The van der Waals surface area contributed by atoms with Crippen molar-refractivity contribution in [2.45, 2.75) is 45.3 Å². The van der Waals surface area contributed by atoms with Gasteiger partial charge in [-0.15, -0.1) is 0 Å². The Morgan fingerprint density at radius 3 is 2.25 bits per heavy atom. The maximum atomic E-state index is 15.1. The lowest BCUT2D eigenvalue weighted by Gasteiger charge is -2.32. The fraction of sp³-hybridized carbons (Fsp3) is 0.529. The van der Waals surface area contributed by atoms with Crippen molar-refractivity contribution < 1.29 is 27.2 Å². The summed E-state index contributed by atoms with van der Waals surface area (Å²) in [5.41, 5.74) is -2.41. The molecule has 132 valence electrons. The minimum Gasteiger partial charge on any atom is -0.398 e. The van der Waals surface area contributed by atoms with Crippen molar-refractivity contribution in [1.82, 2.24) is 0 Å². The maximum absolute atomic E-state index is 15.1. The van der Waals surface area contributed by atoms with E-state index in [2.05, 4.69) is 0 Å². The average Bonchev–Trinajstić information content (AvgIpc) is 2.71. The number of rotatable bonds is 5. The highest BCUT2D eigenvalue weighted by molar-refractivity contribution is 6.55. The standard InChI is InChI=1S/C17H22BF3O3/c1-16(2)17(3,4)24-18(23-16)15(21)12(8-9-22-5)13-10-11(19)6-7-14(13)20/h6-7,10H,8-9H2,1-5H3. The molecule has 24 heavy (non-hydrogen) atoms. The number of benzene rings is 1. The summed E-state index contributed by atoms with van der Waals surface area (Å²) in [6.07, 6.45) is 0.0623. The zero-order valence-corrected chi connectivity index (χ0v) is 14.6. The molecule has 3 nitrogen and oxygen atoms in total. The Labute approximate surface area is 140 Å². The molecule has 0 saturated carbocycles. The molecule has 0 radical (unpaired) electrons. The molecule has 0 bridgehead atoms. The van der Waals surface area contributed by atoms with Crippen LogP contribution in [0.5, 0.6) is 0 Å². The van der Waals surface area contributed by atoms with Gasteiger partial charge in [0.25, 0.3) is 0 Å². The summed E-state index contributed by atoms with van der Waals surface area (Å²) in [5.74, 6) is -1.36. The van der Waals surface area contributed by atoms with Crippen LogP contribution >= 0.6 is 0 Å². The topological polar surface area (TPSA) is 27.7 Å². The van der Waals surface area contributed by atoms with Gasteiger partial charge < -0.3 is 14.0 Å². The Balaban J connectivity index is 2.46. The molecule has 0 atom stereocenters. The van der Waals surface area contributed by atoms with Crippen molar-refractivity contribution in [2.75, 3.05) is 13.7 Å². The average molecular weight is 342 g/mol. The van der Waals surface area contributed by atoms with E-state index in [1.54, 1.807) is 27.7 Å². The van der Waals surface area contributed by atoms with Crippen molar-refractivity contribution in [2.24, 2.45) is 0 Å². The van der Waals surface area contributed by atoms with E-state index >= 15 is 4.39 Å². The van der Waals surface area contributed by atoms with Gasteiger partial charge in [-0.2, -0.15) is 0 Å². The largest absolute Gasteiger partial charge is 0.525 e. The van der Waals surface area contributed by atoms with E-state index in [-0.39, 0.29) is 24.2 Å². The molecule has 0 unspecified atom stereocenters. The SMILES string of the molecule is COCCC(=C(F)B1OC(C)(C)C(C)(C)O1)c1cc(F)ccc1F. The van der Waals surface area contributed by atoms with E-state index in [4.69, 9.17) is 14.0 Å². The highest BCUT2D eigenvalue weighted by Crippen LogP contribution is 2.41. The lowest BCUT2D eigenvalue weighted by atomic mass is 9.81. The molecule has 0 spiro atoms. The lowest BCUT2D eigenvalue weighted by Crippen LogP contribution is -2.41. The van der Waals surface area contributed by atoms with Gasteiger partial charge >= 0.3 is 7.12 Å². The van der Waals surface area contributed by atoms with Gasteiger partial charge in [0.2, 0.25) is 0 Å². The van der Waals surface area contributed by atoms with Gasteiger partial charge in [0.05, 0.1) is 17.8 Å². The predicted octanol–water partition coefficient (Wildman–Crippen LogP) is 4.31. The third-order valence-electron chi connectivity index (χ3n) is 4.56. The van der Waals surface area contributed by atoms with Crippen LogP contribution in [-0.4, -0.2) is 32.0 Å². The van der Waals surface area contributed by atoms with E-state index in [9.17, 15) is 8.78 Å². The number of hydrogen-bond donors (Lipinski definition) is 0. The minimum atomic E-state index is -1.27. The van der Waals surface area contributed by atoms with Crippen LogP contribution in [0, 0.1) is 11.6 Å². The Morgan fingerprint density at radius 1 is 1.12 bits per heavy atom. The Bertz CT molecular complexity index is 628. The first-order valence-electron chi connectivity index (χ1n) is 7.77. The van der Waals surface area contributed by atoms with E-state index in [0.29, 0.717) is 0 Å². The van der Waals surface area contributed by atoms with Crippen LogP contribution in [0.2, 0.25) is 0 Å². The number of ether oxygens (including phenoxy) is 1. The summed E-state index contributed by atoms with van der Waals surface area (Å²) in [4.78, 5) is 0. The third-order valence-corrected chi connectivity index (χ3v) is 4.56. The van der Waals surface area contributed by atoms with Gasteiger partial charge in [0.15, 0.2) is 0 Å². The zero-order chi connectivity index (χ0) is 18.1. The number of halogens is 3. The molecule has 0 amide bonds. The van der Waals surface area contributed by atoms with Crippen LogP contribution in [-0.2, 0) is 14.0 Å². The Hall–Kier alpha value is -1.31. The number of hydrogen-bond acceptors (Lipinski definition) is 3. The van der Waals surface area contributed by atoms with Gasteiger partial charge in [-0.1, -0.05) is 0 Å². The van der Waals surface area contributed by atoms with Crippen molar-refractivity contribution in [3.8, 4) is 0 Å². The molecule has 1 aromatic rings. The van der Waals surface area contributed by atoms with Crippen molar-refractivity contribution >= 4 is 12.7 Å². The van der Waals surface area contributed by atoms with Gasteiger partial charge in [-0.05, 0) is 57.9 Å². The van der Waals surface area contributed by atoms with Crippen LogP contribution in [0.4, 0.5) is 13.2 Å². The zero-order valence-electron chi connectivity index (χ0n) is 14.6. The first kappa shape index (κ1) is 19.0. The molecule has 1 saturated heterocycles. The highest BCUT2D eigenvalue weighted by atomic mass is 19.1. The Kier molecular flexibility index (Phi) is 5.47. The van der Waals surface area contributed by atoms with Crippen molar-refractivity contribution in [3.05, 3.63) is 41.1 Å². The molecule has 0 N–H and O–H groups in total. The third kappa shape index (κ3) is 3.68. The summed E-state index contributed by atoms with van der Waals surface area (Å²) in [6, 6.07) is 2.92. The van der Waals surface area contributed by atoms with Crippen LogP contribution in [0.1, 0.15) is 39.7 Å². The normalized spacial score (nSPS) is 20.2. The highest BCUT2D eigenvalue weighted by Gasteiger charge is 2.53. The molecular weight excluding hydrogens is 320 g/mol. The molecular formula is C17H22BF3O3. The summed E-state index contributed by atoms with van der Waals surface area (Å²) < 4.78 is 59.0. The molecule has 1 aliphatic rings. The molecule has 2 rings (SSSR count). The van der Waals surface area contributed by atoms with Gasteiger partial charge in [0, 0.05) is 12.7 Å². The molecule has 1 fully saturated rings. The van der Waals surface area contributed by atoms with Crippen LogP contribution in [0.25, 0.3) is 5.57 Å². The van der Waals surface area contributed by atoms with Gasteiger partial charge in [-0.25, -0.2) is 13.2 Å². The first-order valence-corrected chi connectivity index (χ1v) is 7.77. The van der Waals surface area contributed by atoms with Gasteiger partial charge in [-0.3, -0.25) is 0 Å². The fourth-order valence-electron chi connectivity index (χ4n) is 2.40. The van der Waals surface area contributed by atoms with Gasteiger partial charge in [0.1, 0.15) is 17.4 Å². The molecule has 1 aliphatic heterocycles. The quantitative estimate of drug-likeness (QED) is 0.746. The predicted molar refractivity (Wildman–Crippen MR) is 87.0 cm³/mol. The van der Waals surface area contributed by atoms with E-state index in [1.165, 1.54) is 7.11 Å². The second-order valence-corrected chi connectivity index (χ2v) is 6.78. The first-order chi connectivity index (χ1) is 11.1. The van der Waals surface area contributed by atoms with Crippen molar-refractivity contribution in [3.63, 3.8) is 0 Å². The lowest BCUT2D eigenvalue weighted by molar-refractivity contribution is 0.00578. The smallest absolute Gasteiger partial charge is 0.398 e. The molecule has 1 heterocycles. The second kappa shape index (κ2) is 6.90. The second-order valence-electron chi connectivity index (χ2n) is 6.78. The van der Waals surface area contributed by atoms with Crippen LogP contribution in [0.15, 0.2) is 23.9 Å². The molecule has 0 aliphatic carbocycles. The van der Waals surface area contributed by atoms with Crippen molar-refractivity contribution in [1.29, 1.82) is 0 Å². The van der Waals surface area contributed by atoms with Crippen LogP contribution < -0.4 is 0 Å². The summed E-state index contributed by atoms with van der Waals surface area (Å²) in [7, 11) is 0.177. The van der Waals surface area contributed by atoms with E-state index in [0.717, 1.165) is 18.2 Å². The summed E-state index contributed by atoms with van der Waals surface area (Å²) in [5, 5.41) is 0. The fourth-order valence-corrected chi connectivity index (χ4v) is 2.40. The summed E-state index contributed by atoms with van der Waals surface area (Å²) >= 11 is 0. The summed E-state index contributed by atoms with van der Waals surface area (Å²) in [6.45, 7) is 7.31. The minimum absolute atomic E-state index is 0.0210.